The van der Waals surface area contributed by atoms with Gasteiger partial charge in [0.15, 0.2) is 4.80 Å². The molecule has 1 aromatic carbocycles. The lowest BCUT2D eigenvalue weighted by atomic mass is 10.3. The molecule has 2 heterocycles. The van der Waals surface area contributed by atoms with E-state index in [1.54, 1.807) is 20.3 Å². The zero-order valence-corrected chi connectivity index (χ0v) is 16.5. The minimum Gasteiger partial charge on any atom is -0.497 e. The Morgan fingerprint density at radius 2 is 2.04 bits per heavy atom. The number of fused-ring (bicyclic) bond motifs is 1. The van der Waals surface area contributed by atoms with Crippen LogP contribution in [0.2, 0.25) is 0 Å². The highest BCUT2D eigenvalue weighted by Gasteiger charge is 2.14. The lowest BCUT2D eigenvalue weighted by Gasteiger charge is -2.08. The van der Waals surface area contributed by atoms with Gasteiger partial charge in [-0.25, -0.2) is 0 Å². The summed E-state index contributed by atoms with van der Waals surface area (Å²) in [6.45, 7) is 2.70. The molecule has 5 nitrogen and oxygen atoms in total. The van der Waals surface area contributed by atoms with E-state index in [0.717, 1.165) is 14.0 Å². The molecule has 0 radical (unpaired) electrons. The van der Waals surface area contributed by atoms with Crippen molar-refractivity contribution in [1.29, 1.82) is 0 Å². The van der Waals surface area contributed by atoms with Crippen LogP contribution in [-0.4, -0.2) is 24.7 Å². The third kappa shape index (κ3) is 3.13. The molecule has 126 valence electrons. The molecule has 1 amide bonds. The number of hydrogen-bond acceptors (Lipinski definition) is 5. The topological polar surface area (TPSA) is 52.8 Å². The average Bonchev–Trinajstić information content (AvgIpc) is 3.16. The number of hydrogen-bond donors (Lipinski definition) is 0. The van der Waals surface area contributed by atoms with Gasteiger partial charge in [-0.15, -0.1) is 11.3 Å². The summed E-state index contributed by atoms with van der Waals surface area (Å²) >= 11 is 6.19. The van der Waals surface area contributed by atoms with Crippen LogP contribution in [0.25, 0.3) is 10.2 Å². The molecule has 0 N–H and O–H groups in total. The first kappa shape index (κ1) is 17.2. The fraction of sp³-hybridized carbons (Fsp3) is 0.250. The Balaban J connectivity index is 2.21. The van der Waals surface area contributed by atoms with Gasteiger partial charge in [0.2, 0.25) is 0 Å². The number of benzene rings is 1. The van der Waals surface area contributed by atoms with Gasteiger partial charge in [-0.3, -0.25) is 4.79 Å². The molecule has 0 bridgehead atoms. The number of aromatic nitrogens is 1. The highest BCUT2D eigenvalue weighted by atomic mass is 79.9. The van der Waals surface area contributed by atoms with Crippen molar-refractivity contribution in [3.8, 4) is 11.5 Å². The van der Waals surface area contributed by atoms with Gasteiger partial charge in [-0.05, 0) is 41.1 Å². The van der Waals surface area contributed by atoms with Crippen LogP contribution in [0.3, 0.4) is 0 Å². The number of thiazole rings is 1. The first-order valence-electron chi connectivity index (χ1n) is 7.17. The number of aryl methyl sites for hydroxylation is 1. The summed E-state index contributed by atoms with van der Waals surface area (Å²) in [6.07, 6.45) is 0. The van der Waals surface area contributed by atoms with Crippen molar-refractivity contribution >= 4 is 54.7 Å². The summed E-state index contributed by atoms with van der Waals surface area (Å²) in [4.78, 5) is 18.0. The monoisotopic (exact) mass is 426 g/mol. The van der Waals surface area contributed by atoms with Crippen LogP contribution in [0, 0.1) is 0 Å². The summed E-state index contributed by atoms with van der Waals surface area (Å²) in [7, 11) is 3.24. The summed E-state index contributed by atoms with van der Waals surface area (Å²) in [6, 6.07) is 7.39. The molecule has 3 rings (SSSR count). The number of carbonyl (C=O) groups excluding carboxylic acids is 1. The maximum absolute atomic E-state index is 12.4. The number of ether oxygens (including phenoxy) is 2. The number of nitrogens with zero attached hydrogens (tertiary/aromatic N) is 2. The molecule has 0 aliphatic rings. The van der Waals surface area contributed by atoms with E-state index in [1.807, 2.05) is 29.7 Å². The van der Waals surface area contributed by atoms with E-state index in [4.69, 9.17) is 9.47 Å². The third-order valence-electron chi connectivity index (χ3n) is 3.47. The Morgan fingerprint density at radius 1 is 1.25 bits per heavy atom. The highest BCUT2D eigenvalue weighted by molar-refractivity contribution is 9.11. The largest absolute Gasteiger partial charge is 0.497 e. The number of halogens is 1. The average molecular weight is 427 g/mol. The van der Waals surface area contributed by atoms with Gasteiger partial charge in [-0.1, -0.05) is 11.3 Å². The third-order valence-corrected chi connectivity index (χ3v) is 6.11. The number of thiophene rings is 1. The van der Waals surface area contributed by atoms with Crippen LogP contribution in [0.5, 0.6) is 11.5 Å². The second-order valence-electron chi connectivity index (χ2n) is 4.83. The van der Waals surface area contributed by atoms with Crippen molar-refractivity contribution in [3.63, 3.8) is 0 Å². The molecule has 2 aromatic heterocycles. The second-order valence-corrected chi connectivity index (χ2v) is 8.30. The molecular weight excluding hydrogens is 412 g/mol. The summed E-state index contributed by atoms with van der Waals surface area (Å²) < 4.78 is 14.7. The van der Waals surface area contributed by atoms with Gasteiger partial charge < -0.3 is 14.0 Å². The Bertz CT molecular complexity index is 972. The van der Waals surface area contributed by atoms with E-state index in [2.05, 4.69) is 20.9 Å². The summed E-state index contributed by atoms with van der Waals surface area (Å²) in [5.74, 6) is 1.17. The molecule has 0 saturated heterocycles. The van der Waals surface area contributed by atoms with Crippen LogP contribution < -0.4 is 14.3 Å². The van der Waals surface area contributed by atoms with E-state index in [1.165, 1.54) is 22.7 Å². The van der Waals surface area contributed by atoms with Crippen LogP contribution in [-0.2, 0) is 6.54 Å². The fourth-order valence-corrected chi connectivity index (χ4v) is 4.78. The van der Waals surface area contributed by atoms with Crippen LogP contribution in [0.1, 0.15) is 16.6 Å². The van der Waals surface area contributed by atoms with Crippen molar-refractivity contribution < 1.29 is 14.3 Å². The van der Waals surface area contributed by atoms with E-state index in [0.29, 0.717) is 27.7 Å². The molecule has 0 unspecified atom stereocenters. The molecule has 0 aliphatic carbocycles. The molecule has 0 saturated carbocycles. The fourth-order valence-electron chi connectivity index (χ4n) is 2.37. The van der Waals surface area contributed by atoms with Gasteiger partial charge in [0.1, 0.15) is 17.0 Å². The standard InChI is InChI=1S/C16H15BrN2O3S2/c1-4-19-14-10(22-3)7-9(21-2)8-12(14)24-16(19)18-15(20)11-5-6-13(17)23-11/h5-8H,4H2,1-3H3. The minimum atomic E-state index is -0.245. The molecule has 0 fully saturated rings. The maximum atomic E-state index is 12.4. The lowest BCUT2D eigenvalue weighted by molar-refractivity contribution is 0.100. The van der Waals surface area contributed by atoms with Gasteiger partial charge in [0, 0.05) is 12.6 Å². The number of carbonyl (C=O) groups is 1. The Hall–Kier alpha value is -1.64. The number of rotatable bonds is 4. The van der Waals surface area contributed by atoms with Crippen molar-refractivity contribution in [2.45, 2.75) is 13.5 Å². The van der Waals surface area contributed by atoms with E-state index in [9.17, 15) is 4.79 Å². The molecule has 8 heteroatoms. The highest BCUT2D eigenvalue weighted by Crippen LogP contribution is 2.32. The second kappa shape index (κ2) is 7.08. The zero-order chi connectivity index (χ0) is 17.3. The number of methoxy groups -OCH3 is 2. The van der Waals surface area contributed by atoms with Crippen molar-refractivity contribution in [2.24, 2.45) is 4.99 Å². The maximum Gasteiger partial charge on any atom is 0.289 e. The van der Waals surface area contributed by atoms with Gasteiger partial charge >= 0.3 is 0 Å². The normalized spacial score (nSPS) is 11.9. The van der Waals surface area contributed by atoms with Crippen molar-refractivity contribution in [2.75, 3.05) is 14.2 Å². The van der Waals surface area contributed by atoms with E-state index >= 15 is 0 Å². The minimum absolute atomic E-state index is 0.245. The van der Waals surface area contributed by atoms with Gasteiger partial charge in [-0.2, -0.15) is 4.99 Å². The predicted octanol–water partition coefficient (Wildman–Crippen LogP) is 4.31. The lowest BCUT2D eigenvalue weighted by Crippen LogP contribution is -2.15. The van der Waals surface area contributed by atoms with Crippen LogP contribution >= 0.6 is 38.6 Å². The quantitative estimate of drug-likeness (QED) is 0.624. The molecule has 0 aliphatic heterocycles. The molecule has 3 aromatic rings. The first-order valence-corrected chi connectivity index (χ1v) is 9.59. The van der Waals surface area contributed by atoms with Gasteiger partial charge in [0.05, 0.1) is 27.6 Å². The summed E-state index contributed by atoms with van der Waals surface area (Å²) in [5, 5.41) is 0. The first-order chi connectivity index (χ1) is 11.6. The van der Waals surface area contributed by atoms with E-state index < -0.39 is 0 Å². The summed E-state index contributed by atoms with van der Waals surface area (Å²) in [5.41, 5.74) is 0.921. The predicted molar refractivity (Wildman–Crippen MR) is 101 cm³/mol. The van der Waals surface area contributed by atoms with Gasteiger partial charge in [0.25, 0.3) is 5.91 Å². The smallest absolute Gasteiger partial charge is 0.289 e. The van der Waals surface area contributed by atoms with Crippen molar-refractivity contribution in [1.82, 2.24) is 4.57 Å². The van der Waals surface area contributed by atoms with E-state index in [-0.39, 0.29) is 5.91 Å². The van der Waals surface area contributed by atoms with Crippen LogP contribution in [0.15, 0.2) is 33.0 Å². The Labute approximate surface area is 155 Å². The molecular formula is C16H15BrN2O3S2. The SMILES string of the molecule is CCn1c(=NC(=O)c2ccc(Br)s2)sc2cc(OC)cc(OC)c21. The zero-order valence-electron chi connectivity index (χ0n) is 13.3. The van der Waals surface area contributed by atoms with Crippen LogP contribution in [0.4, 0.5) is 0 Å². The Kier molecular flexibility index (Phi) is 5.07. The Morgan fingerprint density at radius 3 is 2.62 bits per heavy atom. The molecule has 24 heavy (non-hydrogen) atoms. The molecule has 0 spiro atoms. The number of amides is 1. The van der Waals surface area contributed by atoms with Crippen molar-refractivity contribution in [3.05, 3.63) is 37.7 Å². The molecule has 0 atom stereocenters.